The van der Waals surface area contributed by atoms with Gasteiger partial charge < -0.3 is 19.7 Å². The van der Waals surface area contributed by atoms with E-state index >= 15 is 0 Å². The first-order valence-corrected chi connectivity index (χ1v) is 6.80. The van der Waals surface area contributed by atoms with Crippen LogP contribution in [0.15, 0.2) is 18.2 Å². The summed E-state index contributed by atoms with van der Waals surface area (Å²) in [5, 5.41) is 2.96. The van der Waals surface area contributed by atoms with Crippen LogP contribution in [0.4, 0.5) is 0 Å². The van der Waals surface area contributed by atoms with Crippen molar-refractivity contribution in [3.63, 3.8) is 0 Å². The fraction of sp³-hybridized carbons (Fsp3) is 0.500. The number of rotatable bonds is 4. The van der Waals surface area contributed by atoms with E-state index in [1.54, 1.807) is 0 Å². The predicted molar refractivity (Wildman–Crippen MR) is 69.2 cm³/mol. The van der Waals surface area contributed by atoms with Crippen molar-refractivity contribution in [3.05, 3.63) is 23.8 Å². The van der Waals surface area contributed by atoms with Gasteiger partial charge in [0.1, 0.15) is 0 Å². The Hall–Kier alpha value is -1.75. The summed E-state index contributed by atoms with van der Waals surface area (Å²) in [7, 11) is 0. The van der Waals surface area contributed by atoms with Crippen molar-refractivity contribution in [1.82, 2.24) is 5.32 Å². The molecule has 102 valence electrons. The first kappa shape index (κ1) is 12.3. The second-order valence-electron chi connectivity index (χ2n) is 5.10. The molecule has 2 aliphatic heterocycles. The molecule has 2 heterocycles. The Balaban J connectivity index is 1.50. The summed E-state index contributed by atoms with van der Waals surface area (Å²) >= 11 is 0. The highest BCUT2D eigenvalue weighted by molar-refractivity contribution is 5.76. The van der Waals surface area contributed by atoms with Crippen molar-refractivity contribution in [1.29, 1.82) is 0 Å². The molecular weight excluding hydrogens is 244 g/mol. The fourth-order valence-corrected chi connectivity index (χ4v) is 2.59. The van der Waals surface area contributed by atoms with Gasteiger partial charge >= 0.3 is 0 Å². The number of ether oxygens (including phenoxy) is 2. The Morgan fingerprint density at radius 1 is 1.21 bits per heavy atom. The number of hydrogen-bond donors (Lipinski definition) is 2. The third-order valence-electron chi connectivity index (χ3n) is 3.65. The minimum Gasteiger partial charge on any atom is -0.454 e. The Morgan fingerprint density at radius 2 is 2.00 bits per heavy atom. The minimum atomic E-state index is 0.120. The lowest BCUT2D eigenvalue weighted by atomic mass is 10.2. The van der Waals surface area contributed by atoms with Crippen LogP contribution in [0.5, 0.6) is 11.5 Å². The molecule has 0 saturated carbocycles. The lowest BCUT2D eigenvalue weighted by Gasteiger charge is -2.12. The summed E-state index contributed by atoms with van der Waals surface area (Å²) < 4.78 is 10.6. The largest absolute Gasteiger partial charge is 0.454 e. The van der Waals surface area contributed by atoms with Crippen LogP contribution in [-0.4, -0.2) is 32.3 Å². The van der Waals surface area contributed by atoms with Crippen molar-refractivity contribution in [3.8, 4) is 11.5 Å². The number of benzene rings is 1. The second-order valence-corrected chi connectivity index (χ2v) is 5.10. The molecule has 0 spiro atoms. The molecule has 3 rings (SSSR count). The lowest BCUT2D eigenvalue weighted by molar-refractivity contribution is -0.879. The highest BCUT2D eigenvalue weighted by Gasteiger charge is 2.19. The zero-order valence-corrected chi connectivity index (χ0v) is 10.9. The first-order chi connectivity index (χ1) is 9.31. The maximum atomic E-state index is 11.8. The van der Waals surface area contributed by atoms with E-state index in [-0.39, 0.29) is 12.7 Å². The molecule has 1 aromatic carbocycles. The summed E-state index contributed by atoms with van der Waals surface area (Å²) in [4.78, 5) is 13.2. The fourth-order valence-electron chi connectivity index (χ4n) is 2.59. The number of carbonyl (C=O) groups excluding carboxylic acids is 1. The van der Waals surface area contributed by atoms with Gasteiger partial charge in [-0.05, 0) is 17.7 Å². The van der Waals surface area contributed by atoms with Crippen LogP contribution in [0.3, 0.4) is 0 Å². The molecule has 0 unspecified atom stereocenters. The molecule has 5 nitrogen and oxygen atoms in total. The van der Waals surface area contributed by atoms with Crippen LogP contribution in [0.25, 0.3) is 0 Å². The van der Waals surface area contributed by atoms with E-state index in [2.05, 4.69) is 5.32 Å². The number of quaternary nitrogens is 1. The number of hydrogen-bond acceptors (Lipinski definition) is 3. The zero-order valence-electron chi connectivity index (χ0n) is 10.9. The molecule has 0 atom stereocenters. The van der Waals surface area contributed by atoms with Gasteiger partial charge in [0.2, 0.25) is 6.79 Å². The molecule has 1 saturated heterocycles. The number of likely N-dealkylation sites (tertiary alicyclic amines) is 1. The van der Waals surface area contributed by atoms with Gasteiger partial charge in [-0.1, -0.05) is 6.07 Å². The van der Waals surface area contributed by atoms with Gasteiger partial charge in [0.15, 0.2) is 18.0 Å². The van der Waals surface area contributed by atoms with Gasteiger partial charge in [0.05, 0.1) is 13.1 Å². The van der Waals surface area contributed by atoms with E-state index in [4.69, 9.17) is 9.47 Å². The molecule has 1 fully saturated rings. The maximum Gasteiger partial charge on any atom is 0.275 e. The average molecular weight is 263 g/mol. The van der Waals surface area contributed by atoms with E-state index in [1.807, 2.05) is 18.2 Å². The molecular formula is C14H19N2O3+. The molecule has 0 aliphatic carbocycles. The minimum absolute atomic E-state index is 0.120. The van der Waals surface area contributed by atoms with Crippen LogP contribution in [0.1, 0.15) is 18.4 Å². The molecule has 5 heteroatoms. The van der Waals surface area contributed by atoms with Gasteiger partial charge in [-0.2, -0.15) is 0 Å². The van der Waals surface area contributed by atoms with E-state index in [9.17, 15) is 4.79 Å². The Labute approximate surface area is 112 Å². The quantitative estimate of drug-likeness (QED) is 0.785. The summed E-state index contributed by atoms with van der Waals surface area (Å²) in [6, 6.07) is 5.76. The van der Waals surface area contributed by atoms with Gasteiger partial charge in [-0.3, -0.25) is 4.79 Å². The summed E-state index contributed by atoms with van der Waals surface area (Å²) in [5.41, 5.74) is 1.04. The lowest BCUT2D eigenvalue weighted by Crippen LogP contribution is -3.11. The first-order valence-electron chi connectivity index (χ1n) is 6.80. The predicted octanol–water partition coefficient (Wildman–Crippen LogP) is -0.290. The molecule has 0 radical (unpaired) electrons. The summed E-state index contributed by atoms with van der Waals surface area (Å²) in [6.45, 7) is 3.66. The molecule has 19 heavy (non-hydrogen) atoms. The third kappa shape index (κ3) is 2.98. The van der Waals surface area contributed by atoms with E-state index in [1.165, 1.54) is 17.7 Å². The van der Waals surface area contributed by atoms with Crippen molar-refractivity contribution >= 4 is 5.91 Å². The van der Waals surface area contributed by atoms with E-state index in [0.717, 1.165) is 30.2 Å². The van der Waals surface area contributed by atoms with Crippen molar-refractivity contribution in [2.24, 2.45) is 0 Å². The molecule has 2 aliphatic rings. The average Bonchev–Trinajstić information content (AvgIpc) is 3.06. The van der Waals surface area contributed by atoms with Crippen molar-refractivity contribution < 1.29 is 19.2 Å². The normalized spacial score (nSPS) is 17.7. The van der Waals surface area contributed by atoms with Crippen LogP contribution in [-0.2, 0) is 11.3 Å². The smallest absolute Gasteiger partial charge is 0.275 e. The zero-order chi connectivity index (χ0) is 13.1. The number of nitrogens with one attached hydrogen (secondary N) is 2. The molecule has 1 aromatic rings. The number of fused-ring (bicyclic) bond motifs is 1. The van der Waals surface area contributed by atoms with Gasteiger partial charge in [0, 0.05) is 19.4 Å². The Morgan fingerprint density at radius 3 is 2.84 bits per heavy atom. The van der Waals surface area contributed by atoms with E-state index < -0.39 is 0 Å². The standard InChI is InChI=1S/C14H18N2O3/c17-14(9-16-5-1-2-6-16)15-8-11-3-4-12-13(7-11)19-10-18-12/h3-4,7H,1-2,5-6,8-10H2,(H,15,17)/p+1. The molecule has 1 amide bonds. The van der Waals surface area contributed by atoms with Crippen LogP contribution < -0.4 is 19.7 Å². The summed E-state index contributed by atoms with van der Waals surface area (Å²) in [5.74, 6) is 1.66. The molecule has 2 N–H and O–H groups in total. The third-order valence-corrected chi connectivity index (χ3v) is 3.65. The van der Waals surface area contributed by atoms with Crippen LogP contribution in [0, 0.1) is 0 Å². The van der Waals surface area contributed by atoms with Crippen molar-refractivity contribution in [2.75, 3.05) is 26.4 Å². The monoisotopic (exact) mass is 263 g/mol. The second kappa shape index (κ2) is 5.48. The Bertz CT molecular complexity index is 470. The van der Waals surface area contributed by atoms with Crippen LogP contribution >= 0.6 is 0 Å². The van der Waals surface area contributed by atoms with Gasteiger partial charge in [-0.25, -0.2) is 0 Å². The summed E-state index contributed by atoms with van der Waals surface area (Å²) in [6.07, 6.45) is 2.48. The number of carbonyl (C=O) groups is 1. The highest BCUT2D eigenvalue weighted by atomic mass is 16.7. The molecule has 0 bridgehead atoms. The topological polar surface area (TPSA) is 52.0 Å². The van der Waals surface area contributed by atoms with Crippen LogP contribution in [0.2, 0.25) is 0 Å². The van der Waals surface area contributed by atoms with Crippen molar-refractivity contribution in [2.45, 2.75) is 19.4 Å². The van der Waals surface area contributed by atoms with Gasteiger partial charge in [-0.15, -0.1) is 0 Å². The van der Waals surface area contributed by atoms with E-state index in [0.29, 0.717) is 13.1 Å². The SMILES string of the molecule is O=C(C[NH+]1CCCC1)NCc1ccc2c(c1)OCO2. The highest BCUT2D eigenvalue weighted by Crippen LogP contribution is 2.32. The maximum absolute atomic E-state index is 11.8. The van der Waals surface area contributed by atoms with Gasteiger partial charge in [0.25, 0.3) is 5.91 Å². The molecule has 0 aromatic heterocycles. The number of amides is 1. The Kier molecular flexibility index (Phi) is 3.55.